The van der Waals surface area contributed by atoms with Gasteiger partial charge in [-0.25, -0.2) is 0 Å². The van der Waals surface area contributed by atoms with Gasteiger partial charge in [0.05, 0.1) is 5.92 Å². The van der Waals surface area contributed by atoms with Crippen LogP contribution in [0, 0.1) is 5.92 Å². The third kappa shape index (κ3) is 30.7. The standard InChI is InChI=1S/C36H64O4/c1-2-3-4-5-6-7-8-9-13-16-19-22-25-28-31-34(36(39)40)32-29-26-23-20-17-14-11-10-12-15-18-21-24-27-30-33-35(37)38/h6-7,9-10,12-13,34H,2-5,8,11,14-33H2,1H3,(H,37,38)(H,39,40). The average molecular weight is 561 g/mol. The van der Waals surface area contributed by atoms with Gasteiger partial charge in [0.25, 0.3) is 0 Å². The van der Waals surface area contributed by atoms with Crippen LogP contribution in [0.3, 0.4) is 0 Å². The lowest BCUT2D eigenvalue weighted by molar-refractivity contribution is -0.142. The molecule has 232 valence electrons. The number of carbonyl (C=O) groups is 2. The monoisotopic (exact) mass is 560 g/mol. The predicted octanol–water partition coefficient (Wildman–Crippen LogP) is 11.6. The number of carboxylic acids is 2. The summed E-state index contributed by atoms with van der Waals surface area (Å²) in [7, 11) is 0. The highest BCUT2D eigenvalue weighted by Gasteiger charge is 2.16. The molecule has 0 saturated heterocycles. The quantitative estimate of drug-likeness (QED) is 0.0653. The molecule has 0 heterocycles. The van der Waals surface area contributed by atoms with Gasteiger partial charge >= 0.3 is 11.9 Å². The van der Waals surface area contributed by atoms with Crippen LogP contribution in [0.1, 0.15) is 174 Å². The molecule has 0 amide bonds. The second-order valence-electron chi connectivity index (χ2n) is 11.6. The number of hydrogen-bond donors (Lipinski definition) is 2. The molecule has 4 heteroatoms. The van der Waals surface area contributed by atoms with Crippen molar-refractivity contribution in [2.75, 3.05) is 0 Å². The zero-order valence-corrected chi connectivity index (χ0v) is 26.1. The molecule has 2 N–H and O–H groups in total. The van der Waals surface area contributed by atoms with Crippen LogP contribution in [-0.4, -0.2) is 22.2 Å². The van der Waals surface area contributed by atoms with E-state index in [0.29, 0.717) is 6.42 Å². The minimum Gasteiger partial charge on any atom is -0.481 e. The van der Waals surface area contributed by atoms with Gasteiger partial charge in [-0.3, -0.25) is 9.59 Å². The van der Waals surface area contributed by atoms with E-state index < -0.39 is 11.9 Å². The lowest BCUT2D eigenvalue weighted by Crippen LogP contribution is -2.13. The Balaban J connectivity index is 3.52. The summed E-state index contributed by atoms with van der Waals surface area (Å²) < 4.78 is 0. The summed E-state index contributed by atoms with van der Waals surface area (Å²) in [6.07, 6.45) is 42.6. The van der Waals surface area contributed by atoms with E-state index in [4.69, 9.17) is 5.11 Å². The first-order valence-corrected chi connectivity index (χ1v) is 17.0. The Hall–Kier alpha value is -1.84. The van der Waals surface area contributed by atoms with Gasteiger partial charge < -0.3 is 10.2 Å². The SMILES string of the molecule is CCCCCC=CCC=CCCCCCCC(CCCCCCCCC=CCCCCCCCC(=O)O)C(=O)O. The van der Waals surface area contributed by atoms with Gasteiger partial charge in [-0.2, -0.15) is 0 Å². The summed E-state index contributed by atoms with van der Waals surface area (Å²) in [5, 5.41) is 18.2. The largest absolute Gasteiger partial charge is 0.481 e. The highest BCUT2D eigenvalue weighted by atomic mass is 16.4. The first kappa shape index (κ1) is 38.2. The summed E-state index contributed by atoms with van der Waals surface area (Å²) in [5.41, 5.74) is 0. The van der Waals surface area contributed by atoms with Crippen molar-refractivity contribution in [1.82, 2.24) is 0 Å². The van der Waals surface area contributed by atoms with Crippen molar-refractivity contribution in [3.05, 3.63) is 36.5 Å². The molecule has 0 saturated carbocycles. The minimum atomic E-state index is -0.683. The first-order valence-electron chi connectivity index (χ1n) is 17.0. The van der Waals surface area contributed by atoms with E-state index in [1.165, 1.54) is 77.0 Å². The van der Waals surface area contributed by atoms with Crippen LogP contribution in [0.4, 0.5) is 0 Å². The van der Waals surface area contributed by atoms with Crippen LogP contribution in [0.15, 0.2) is 36.5 Å². The Morgan fingerprint density at radius 3 is 1.30 bits per heavy atom. The molecule has 0 aromatic rings. The van der Waals surface area contributed by atoms with E-state index in [1.807, 2.05) is 0 Å². The molecule has 0 fully saturated rings. The van der Waals surface area contributed by atoms with E-state index in [9.17, 15) is 14.7 Å². The molecule has 0 bridgehead atoms. The second kappa shape index (κ2) is 31.7. The molecule has 0 aliphatic heterocycles. The maximum atomic E-state index is 11.6. The molecule has 0 aromatic heterocycles. The number of rotatable bonds is 31. The second-order valence-corrected chi connectivity index (χ2v) is 11.6. The zero-order chi connectivity index (χ0) is 29.4. The molecular weight excluding hydrogens is 496 g/mol. The summed E-state index contributed by atoms with van der Waals surface area (Å²) >= 11 is 0. The smallest absolute Gasteiger partial charge is 0.306 e. The van der Waals surface area contributed by atoms with Gasteiger partial charge in [0.1, 0.15) is 0 Å². The van der Waals surface area contributed by atoms with Gasteiger partial charge in [-0.15, -0.1) is 0 Å². The number of carboxylic acid groups (broad SMARTS) is 2. The Labute approximate surface area is 247 Å². The lowest BCUT2D eigenvalue weighted by atomic mass is 9.94. The van der Waals surface area contributed by atoms with Gasteiger partial charge in [0, 0.05) is 6.42 Å². The molecule has 0 rings (SSSR count). The summed E-state index contributed by atoms with van der Waals surface area (Å²) in [5.74, 6) is -1.44. The van der Waals surface area contributed by atoms with E-state index in [0.717, 1.165) is 83.5 Å². The first-order chi connectivity index (χ1) is 19.6. The zero-order valence-electron chi connectivity index (χ0n) is 26.1. The Morgan fingerprint density at radius 2 is 0.875 bits per heavy atom. The third-order valence-corrected chi connectivity index (χ3v) is 7.70. The molecule has 0 aliphatic rings. The average Bonchev–Trinajstić information content (AvgIpc) is 2.93. The molecule has 0 spiro atoms. The Kier molecular flexibility index (Phi) is 30.2. The fourth-order valence-corrected chi connectivity index (χ4v) is 5.08. The maximum Gasteiger partial charge on any atom is 0.306 e. The van der Waals surface area contributed by atoms with Crippen molar-refractivity contribution < 1.29 is 19.8 Å². The molecule has 1 unspecified atom stereocenters. The minimum absolute atomic E-state index is 0.154. The number of allylic oxidation sites excluding steroid dienone is 6. The summed E-state index contributed by atoms with van der Waals surface area (Å²) in [6, 6.07) is 0. The normalized spacial score (nSPS) is 12.7. The Bertz CT molecular complexity index is 649. The predicted molar refractivity (Wildman–Crippen MR) is 172 cm³/mol. The fourth-order valence-electron chi connectivity index (χ4n) is 5.08. The van der Waals surface area contributed by atoms with E-state index >= 15 is 0 Å². The van der Waals surface area contributed by atoms with Crippen LogP contribution in [0.5, 0.6) is 0 Å². The van der Waals surface area contributed by atoms with Crippen molar-refractivity contribution in [3.63, 3.8) is 0 Å². The van der Waals surface area contributed by atoms with Crippen LogP contribution >= 0.6 is 0 Å². The fraction of sp³-hybridized carbons (Fsp3) is 0.778. The van der Waals surface area contributed by atoms with Crippen LogP contribution < -0.4 is 0 Å². The molecular formula is C36H64O4. The van der Waals surface area contributed by atoms with E-state index in [2.05, 4.69) is 43.4 Å². The molecule has 0 aromatic carbocycles. The van der Waals surface area contributed by atoms with Crippen molar-refractivity contribution in [3.8, 4) is 0 Å². The highest BCUT2D eigenvalue weighted by molar-refractivity contribution is 5.69. The van der Waals surface area contributed by atoms with Crippen molar-refractivity contribution in [2.24, 2.45) is 5.92 Å². The van der Waals surface area contributed by atoms with Crippen LogP contribution in [0.25, 0.3) is 0 Å². The lowest BCUT2D eigenvalue weighted by Gasteiger charge is -2.12. The Morgan fingerprint density at radius 1 is 0.500 bits per heavy atom. The van der Waals surface area contributed by atoms with Crippen LogP contribution in [0.2, 0.25) is 0 Å². The highest BCUT2D eigenvalue weighted by Crippen LogP contribution is 2.19. The maximum absolute atomic E-state index is 11.6. The van der Waals surface area contributed by atoms with Gasteiger partial charge in [-0.1, -0.05) is 127 Å². The number of unbranched alkanes of at least 4 members (excludes halogenated alkanes) is 18. The summed E-state index contributed by atoms with van der Waals surface area (Å²) in [6.45, 7) is 2.24. The molecule has 40 heavy (non-hydrogen) atoms. The molecule has 0 radical (unpaired) electrons. The van der Waals surface area contributed by atoms with Crippen molar-refractivity contribution >= 4 is 11.9 Å². The van der Waals surface area contributed by atoms with E-state index in [1.54, 1.807) is 0 Å². The third-order valence-electron chi connectivity index (χ3n) is 7.70. The molecule has 1 atom stereocenters. The molecule has 4 nitrogen and oxygen atoms in total. The van der Waals surface area contributed by atoms with E-state index in [-0.39, 0.29) is 5.92 Å². The van der Waals surface area contributed by atoms with Gasteiger partial charge in [0.2, 0.25) is 0 Å². The van der Waals surface area contributed by atoms with Crippen molar-refractivity contribution in [1.29, 1.82) is 0 Å². The van der Waals surface area contributed by atoms with Crippen LogP contribution in [-0.2, 0) is 9.59 Å². The number of hydrogen-bond acceptors (Lipinski definition) is 2. The number of aliphatic carboxylic acids is 2. The topological polar surface area (TPSA) is 74.6 Å². The molecule has 0 aliphatic carbocycles. The summed E-state index contributed by atoms with van der Waals surface area (Å²) in [4.78, 5) is 22.1. The van der Waals surface area contributed by atoms with Gasteiger partial charge in [0.15, 0.2) is 0 Å². The van der Waals surface area contributed by atoms with Gasteiger partial charge in [-0.05, 0) is 77.0 Å². The van der Waals surface area contributed by atoms with Crippen molar-refractivity contribution in [2.45, 2.75) is 174 Å².